The quantitative estimate of drug-likeness (QED) is 0.923. The summed E-state index contributed by atoms with van der Waals surface area (Å²) in [6.45, 7) is 3.65. The van der Waals surface area contributed by atoms with E-state index in [1.807, 2.05) is 12.1 Å². The number of hydrogen-bond acceptors (Lipinski definition) is 4. The van der Waals surface area contributed by atoms with Crippen molar-refractivity contribution in [3.63, 3.8) is 0 Å². The van der Waals surface area contributed by atoms with Crippen molar-refractivity contribution in [2.24, 2.45) is 11.7 Å². The number of piperidine rings is 1. The van der Waals surface area contributed by atoms with E-state index >= 15 is 0 Å². The van der Waals surface area contributed by atoms with Gasteiger partial charge in [0.05, 0.1) is 10.6 Å². The summed E-state index contributed by atoms with van der Waals surface area (Å²) in [6.07, 6.45) is 4.58. The van der Waals surface area contributed by atoms with Crippen molar-refractivity contribution in [2.45, 2.75) is 37.1 Å². The Morgan fingerprint density at radius 3 is 2.65 bits per heavy atom. The van der Waals surface area contributed by atoms with Gasteiger partial charge in [-0.2, -0.15) is 0 Å². The fourth-order valence-corrected chi connectivity index (χ4v) is 3.94. The average Bonchev–Trinajstić information content (AvgIpc) is 2.45. The molecule has 2 unspecified atom stereocenters. The summed E-state index contributed by atoms with van der Waals surface area (Å²) in [4.78, 5) is 2.59. The molecule has 2 N–H and O–H groups in total. The molecule has 0 aromatic heterocycles. The lowest BCUT2D eigenvalue weighted by Crippen LogP contribution is -2.47. The average molecular weight is 296 g/mol. The highest BCUT2D eigenvalue weighted by atomic mass is 32.2. The maximum Gasteiger partial charge on any atom is 0.177 e. The normalized spacial score (nSPS) is 23.9. The highest BCUT2D eigenvalue weighted by Gasteiger charge is 2.29. The van der Waals surface area contributed by atoms with Crippen LogP contribution >= 0.6 is 0 Å². The number of sulfone groups is 1. The second kappa shape index (κ2) is 6.14. The number of hydrogen-bond donors (Lipinski definition) is 1. The minimum atomic E-state index is -3.22. The third-order valence-corrected chi connectivity index (χ3v) is 5.39. The number of nitrogens with zero attached hydrogens (tertiary/aromatic N) is 1. The van der Waals surface area contributed by atoms with E-state index in [-0.39, 0.29) is 6.04 Å². The lowest BCUT2D eigenvalue weighted by molar-refractivity contribution is 0.335. The van der Waals surface area contributed by atoms with E-state index in [0.29, 0.717) is 17.4 Å². The molecule has 0 aliphatic carbocycles. The zero-order valence-corrected chi connectivity index (χ0v) is 13.1. The first kappa shape index (κ1) is 15.3. The minimum Gasteiger partial charge on any atom is -0.366 e. The first-order valence-corrected chi connectivity index (χ1v) is 9.12. The van der Waals surface area contributed by atoms with Gasteiger partial charge in [0.25, 0.3) is 0 Å². The molecule has 1 aliphatic rings. The molecule has 2 rings (SSSR count). The highest BCUT2D eigenvalue weighted by molar-refractivity contribution is 7.90. The monoisotopic (exact) mass is 296 g/mol. The second-order valence-corrected chi connectivity index (χ2v) is 7.61. The van der Waals surface area contributed by atoms with Gasteiger partial charge in [0, 0.05) is 25.4 Å². The predicted molar refractivity (Wildman–Crippen MR) is 82.8 cm³/mol. The van der Waals surface area contributed by atoms with Gasteiger partial charge >= 0.3 is 0 Å². The Balaban J connectivity index is 2.36. The fraction of sp³-hybridized carbons (Fsp3) is 0.600. The summed E-state index contributed by atoms with van der Waals surface area (Å²) in [5.41, 5.74) is 6.72. The number of anilines is 1. The molecule has 1 aromatic carbocycles. The van der Waals surface area contributed by atoms with Crippen LogP contribution in [0.2, 0.25) is 0 Å². The van der Waals surface area contributed by atoms with E-state index in [0.717, 1.165) is 31.5 Å². The lowest BCUT2D eigenvalue weighted by Gasteiger charge is -2.41. The molecule has 0 radical (unpaired) electrons. The summed E-state index contributed by atoms with van der Waals surface area (Å²) >= 11 is 0. The van der Waals surface area contributed by atoms with Gasteiger partial charge in [-0.05, 0) is 30.9 Å². The molecule has 20 heavy (non-hydrogen) atoms. The van der Waals surface area contributed by atoms with Crippen LogP contribution in [0, 0.1) is 5.92 Å². The van der Waals surface area contributed by atoms with Crippen molar-refractivity contribution in [3.05, 3.63) is 24.3 Å². The van der Waals surface area contributed by atoms with E-state index in [4.69, 9.17) is 5.73 Å². The van der Waals surface area contributed by atoms with Crippen molar-refractivity contribution in [2.75, 3.05) is 24.2 Å². The highest BCUT2D eigenvalue weighted by Crippen LogP contribution is 2.33. The number of nitrogens with two attached hydrogens (primary N) is 1. The van der Waals surface area contributed by atoms with Gasteiger partial charge in [-0.15, -0.1) is 0 Å². The van der Waals surface area contributed by atoms with Crippen LogP contribution in [0.3, 0.4) is 0 Å². The SMILES string of the molecule is CCC1CCN(c2ccccc2S(C)(=O)=O)C(CN)C1. The predicted octanol–water partition coefficient (Wildman–Crippen LogP) is 2.04. The molecule has 2 atom stereocenters. The summed E-state index contributed by atoms with van der Waals surface area (Å²) < 4.78 is 23.9. The number of para-hydroxylation sites is 1. The van der Waals surface area contributed by atoms with E-state index in [1.165, 1.54) is 6.26 Å². The standard InChI is InChI=1S/C15H24N2O2S/c1-3-12-8-9-17(13(10-12)11-16)14-6-4-5-7-15(14)20(2,18)19/h4-7,12-13H,3,8-11,16H2,1-2H3. The van der Waals surface area contributed by atoms with Crippen LogP contribution in [-0.4, -0.2) is 33.8 Å². The van der Waals surface area contributed by atoms with Crippen LogP contribution in [0.25, 0.3) is 0 Å². The van der Waals surface area contributed by atoms with E-state index in [2.05, 4.69) is 11.8 Å². The van der Waals surface area contributed by atoms with Crippen molar-refractivity contribution in [3.8, 4) is 0 Å². The van der Waals surface area contributed by atoms with Crippen LogP contribution in [0.1, 0.15) is 26.2 Å². The molecular weight excluding hydrogens is 272 g/mol. The van der Waals surface area contributed by atoms with Gasteiger partial charge in [-0.25, -0.2) is 8.42 Å². The van der Waals surface area contributed by atoms with Crippen LogP contribution in [0.15, 0.2) is 29.2 Å². The largest absolute Gasteiger partial charge is 0.366 e. The summed E-state index contributed by atoms with van der Waals surface area (Å²) in [5, 5.41) is 0. The maximum absolute atomic E-state index is 12.0. The molecule has 0 bridgehead atoms. The van der Waals surface area contributed by atoms with Crippen molar-refractivity contribution < 1.29 is 8.42 Å². The Kier molecular flexibility index (Phi) is 4.70. The second-order valence-electron chi connectivity index (χ2n) is 5.62. The molecule has 1 aliphatic heterocycles. The molecule has 0 saturated carbocycles. The molecule has 5 heteroatoms. The molecule has 0 amide bonds. The fourth-order valence-electron chi connectivity index (χ4n) is 3.05. The Hall–Kier alpha value is -1.07. The maximum atomic E-state index is 12.0. The van der Waals surface area contributed by atoms with Crippen LogP contribution < -0.4 is 10.6 Å². The summed E-state index contributed by atoms with van der Waals surface area (Å²) in [6, 6.07) is 7.48. The van der Waals surface area contributed by atoms with Crippen LogP contribution in [0.5, 0.6) is 0 Å². The smallest absolute Gasteiger partial charge is 0.177 e. The lowest BCUT2D eigenvalue weighted by atomic mass is 9.88. The van der Waals surface area contributed by atoms with Gasteiger partial charge in [0.15, 0.2) is 9.84 Å². The van der Waals surface area contributed by atoms with Crippen LogP contribution in [-0.2, 0) is 9.84 Å². The summed E-state index contributed by atoms with van der Waals surface area (Å²) in [5.74, 6) is 0.699. The van der Waals surface area contributed by atoms with Crippen LogP contribution in [0.4, 0.5) is 5.69 Å². The first-order chi connectivity index (χ1) is 9.47. The van der Waals surface area contributed by atoms with Gasteiger partial charge in [-0.3, -0.25) is 0 Å². The first-order valence-electron chi connectivity index (χ1n) is 7.23. The van der Waals surface area contributed by atoms with Crippen molar-refractivity contribution in [1.82, 2.24) is 0 Å². The van der Waals surface area contributed by atoms with Gasteiger partial charge in [0.1, 0.15) is 0 Å². The third-order valence-electron chi connectivity index (χ3n) is 4.25. The minimum absolute atomic E-state index is 0.233. The third kappa shape index (κ3) is 3.15. The van der Waals surface area contributed by atoms with E-state index in [1.54, 1.807) is 12.1 Å². The van der Waals surface area contributed by atoms with Gasteiger partial charge in [0.2, 0.25) is 0 Å². The molecule has 0 spiro atoms. The topological polar surface area (TPSA) is 63.4 Å². The zero-order chi connectivity index (χ0) is 14.8. The van der Waals surface area contributed by atoms with Gasteiger partial charge < -0.3 is 10.6 Å². The molecule has 4 nitrogen and oxygen atoms in total. The van der Waals surface area contributed by atoms with Crippen molar-refractivity contribution >= 4 is 15.5 Å². The van der Waals surface area contributed by atoms with Crippen molar-refractivity contribution in [1.29, 1.82) is 0 Å². The van der Waals surface area contributed by atoms with Gasteiger partial charge in [-0.1, -0.05) is 25.5 Å². The Morgan fingerprint density at radius 1 is 1.35 bits per heavy atom. The Labute approximate surface area is 121 Å². The number of benzene rings is 1. The Bertz CT molecular complexity index is 557. The molecular formula is C15H24N2O2S. The summed E-state index contributed by atoms with van der Waals surface area (Å²) in [7, 11) is -3.22. The Morgan fingerprint density at radius 2 is 2.05 bits per heavy atom. The van der Waals surface area contributed by atoms with E-state index in [9.17, 15) is 8.42 Å². The molecule has 1 aromatic rings. The zero-order valence-electron chi connectivity index (χ0n) is 12.2. The molecule has 1 fully saturated rings. The van der Waals surface area contributed by atoms with E-state index < -0.39 is 9.84 Å². The molecule has 1 heterocycles. The molecule has 112 valence electrons. The number of rotatable bonds is 4. The molecule has 1 saturated heterocycles.